The molecule has 0 aliphatic rings. The normalized spacial score (nSPS) is 7.05. The second-order valence-electron chi connectivity index (χ2n) is 2.99. The largest absolute Gasteiger partial charge is 0.481 e. The summed E-state index contributed by atoms with van der Waals surface area (Å²) in [5.41, 5.74) is 0. The van der Waals surface area contributed by atoms with E-state index in [0.29, 0.717) is 0 Å². The molecule has 0 radical (unpaired) electrons. The molecule has 0 fully saturated rings. The Labute approximate surface area is 128 Å². The summed E-state index contributed by atoms with van der Waals surface area (Å²) in [6, 6.07) is 0. The quantitative estimate of drug-likeness (QED) is 0.544. The van der Waals surface area contributed by atoms with Gasteiger partial charge in [0.25, 0.3) is 0 Å². The summed E-state index contributed by atoms with van der Waals surface area (Å²) in [7, 11) is 0. The lowest BCUT2D eigenvalue weighted by atomic mass is 10.5. The fourth-order valence-corrected chi connectivity index (χ4v) is 0. The summed E-state index contributed by atoms with van der Waals surface area (Å²) in [6.45, 7) is 6.40. The van der Waals surface area contributed by atoms with Gasteiger partial charge in [0, 0.05) is 25.7 Å². The van der Waals surface area contributed by atoms with Gasteiger partial charge in [-0.2, -0.15) is 0 Å². The van der Waals surface area contributed by atoms with E-state index in [1.165, 1.54) is 0 Å². The van der Waals surface area contributed by atoms with Crippen molar-refractivity contribution in [2.24, 2.45) is 0 Å². The number of carbonyl (C=O) groups is 4. The van der Waals surface area contributed by atoms with Crippen LogP contribution >= 0.6 is 0 Å². The highest BCUT2D eigenvalue weighted by molar-refractivity contribution is 5.75. The molecule has 0 aromatic heterocycles. The third kappa shape index (κ3) is 126. The van der Waals surface area contributed by atoms with Crippen LogP contribution in [0.15, 0.2) is 0 Å². The van der Waals surface area contributed by atoms with Gasteiger partial charge in [0.05, 0.1) is 0 Å². The van der Waals surface area contributed by atoms with Crippen LogP contribution in [-0.2, 0) is 19.2 Å². The van der Waals surface area contributed by atoms with E-state index in [2.05, 4.69) is 0 Å². The lowest BCUT2D eigenvalue weighted by Crippen LogP contribution is -1.86. The molecule has 0 heterocycles. The van der Waals surface area contributed by atoms with Gasteiger partial charge in [0.2, 0.25) is 0 Å². The Balaban J connectivity index is -0.0000000533. The third-order valence-corrected chi connectivity index (χ3v) is 1.21. The molecule has 21 heavy (non-hydrogen) atoms. The number of hydrogen-bond acceptors (Lipinski definition) is 4. The molecule has 0 rings (SSSR count). The highest BCUT2D eigenvalue weighted by Crippen LogP contribution is 1.68. The summed E-state index contributed by atoms with van der Waals surface area (Å²) >= 11 is 0. The van der Waals surface area contributed by atoms with E-state index in [4.69, 9.17) is 20.4 Å². The second kappa shape index (κ2) is 26.6. The molecular weight excluding hydrogens is 300 g/mol. The second-order valence-corrected chi connectivity index (χ2v) is 2.99. The van der Waals surface area contributed by atoms with Crippen LogP contribution in [-0.4, -0.2) is 55.3 Å². The Morgan fingerprint density at radius 1 is 0.524 bits per heavy atom. The molecule has 0 aliphatic heterocycles. The van der Waals surface area contributed by atoms with Crippen molar-refractivity contribution < 1.29 is 39.6 Å². The summed E-state index contributed by atoms with van der Waals surface area (Å²) in [4.78, 5) is 37.5. The first kappa shape index (κ1) is 31.5. The lowest BCUT2D eigenvalue weighted by Gasteiger charge is -1.71. The van der Waals surface area contributed by atoms with E-state index >= 15 is 0 Å². The molecule has 0 amide bonds. The Bertz CT molecular complexity index is 222. The molecule has 0 aromatic rings. The number of carboxylic acid groups (broad SMARTS) is 4. The zero-order chi connectivity index (χ0) is 17.1. The first-order valence-corrected chi connectivity index (χ1v) is 5.95. The van der Waals surface area contributed by atoms with Crippen LogP contribution in [0.4, 0.5) is 0 Å². The number of hydrogen-bond donors (Lipinski definition) is 4. The molecule has 0 aromatic carbocycles. The monoisotopic (exact) mass is 328 g/mol. The van der Waals surface area contributed by atoms with Gasteiger partial charge in [0.1, 0.15) is 0 Å². The van der Waals surface area contributed by atoms with Gasteiger partial charge in [-0.1, -0.05) is 27.7 Å². The topological polar surface area (TPSA) is 149 Å². The minimum Gasteiger partial charge on any atom is -0.481 e. The fraction of sp³-hybridized carbons (Fsp3) is 0.667. The first-order chi connectivity index (χ1) is 9.08. The number of carboxylic acids is 4. The smallest absolute Gasteiger partial charge is 0.303 e. The molecular formula is C12H28O8Si. The molecule has 0 aliphatic carbocycles. The maximum Gasteiger partial charge on any atom is 0.303 e. The van der Waals surface area contributed by atoms with Gasteiger partial charge < -0.3 is 20.4 Å². The molecule has 0 bridgehead atoms. The summed E-state index contributed by atoms with van der Waals surface area (Å²) in [5.74, 6) is -2.98. The maximum absolute atomic E-state index is 9.37. The molecule has 0 saturated carbocycles. The molecule has 0 atom stereocenters. The predicted molar refractivity (Wildman–Crippen MR) is 83.0 cm³/mol. The van der Waals surface area contributed by atoms with E-state index in [0.717, 1.165) is 0 Å². The Morgan fingerprint density at radius 3 is 0.571 bits per heavy atom. The highest BCUT2D eigenvalue weighted by atomic mass is 28.1. The molecule has 8 nitrogen and oxygen atoms in total. The van der Waals surface area contributed by atoms with Crippen LogP contribution in [0.2, 0.25) is 0 Å². The van der Waals surface area contributed by atoms with Crippen LogP contribution in [0.5, 0.6) is 0 Å². The maximum atomic E-state index is 9.37. The van der Waals surface area contributed by atoms with Gasteiger partial charge in [-0.3, -0.25) is 19.2 Å². The lowest BCUT2D eigenvalue weighted by molar-refractivity contribution is -0.137. The molecule has 128 valence electrons. The molecule has 9 heteroatoms. The van der Waals surface area contributed by atoms with E-state index in [-0.39, 0.29) is 36.6 Å². The summed E-state index contributed by atoms with van der Waals surface area (Å²) < 4.78 is 0. The van der Waals surface area contributed by atoms with Gasteiger partial charge in [-0.05, 0) is 11.0 Å². The van der Waals surface area contributed by atoms with Crippen LogP contribution in [0.3, 0.4) is 0 Å². The van der Waals surface area contributed by atoms with Crippen LogP contribution in [0, 0.1) is 0 Å². The average Bonchev–Trinajstić information content (AvgIpc) is 2.40. The highest BCUT2D eigenvalue weighted by Gasteiger charge is 1.82. The molecule has 0 saturated heterocycles. The van der Waals surface area contributed by atoms with E-state index in [1.807, 2.05) is 0 Å². The first-order valence-electron chi connectivity index (χ1n) is 5.95. The molecule has 0 unspecified atom stereocenters. The zero-order valence-corrected chi connectivity index (χ0v) is 12.3. The van der Waals surface area contributed by atoms with Gasteiger partial charge in [-0.15, -0.1) is 0 Å². The average molecular weight is 328 g/mol. The van der Waals surface area contributed by atoms with E-state index < -0.39 is 23.9 Å². The van der Waals surface area contributed by atoms with Gasteiger partial charge >= 0.3 is 23.9 Å². The van der Waals surface area contributed by atoms with Crippen molar-refractivity contribution in [1.29, 1.82) is 0 Å². The predicted octanol–water partition coefficient (Wildman–Crippen LogP) is 0.472. The third-order valence-electron chi connectivity index (χ3n) is 1.21. The number of rotatable bonds is 4. The molecule has 0 spiro atoms. The van der Waals surface area contributed by atoms with Gasteiger partial charge in [0.15, 0.2) is 0 Å². The van der Waals surface area contributed by atoms with Crippen molar-refractivity contribution in [1.82, 2.24) is 0 Å². The SMILES string of the molecule is CCC(=O)O.CCC(=O)O.CCC(=O)O.CCC(=O)O.[SiH4]. The Morgan fingerprint density at radius 2 is 0.571 bits per heavy atom. The standard InChI is InChI=1S/4C3H6O2.H4Si/c4*1-2-3(4)5;/h4*2H2,1H3,(H,4,5);1H4. The fourth-order valence-electron chi connectivity index (χ4n) is 0. The minimum atomic E-state index is -0.745. The number of aliphatic carboxylic acids is 4. The minimum absolute atomic E-state index is 0. The zero-order valence-electron chi connectivity index (χ0n) is 12.3. The van der Waals surface area contributed by atoms with Crippen molar-refractivity contribution in [2.45, 2.75) is 53.4 Å². The van der Waals surface area contributed by atoms with Crippen molar-refractivity contribution in [3.05, 3.63) is 0 Å². The summed E-state index contributed by atoms with van der Waals surface area (Å²) in [5, 5.41) is 30.9. The van der Waals surface area contributed by atoms with Gasteiger partial charge in [-0.25, -0.2) is 0 Å². The summed E-state index contributed by atoms with van der Waals surface area (Å²) in [6.07, 6.45) is 0.889. The Hall–Kier alpha value is -1.90. The van der Waals surface area contributed by atoms with Crippen LogP contribution in [0.1, 0.15) is 53.4 Å². The van der Waals surface area contributed by atoms with Crippen molar-refractivity contribution in [2.75, 3.05) is 0 Å². The van der Waals surface area contributed by atoms with Crippen LogP contribution in [0.25, 0.3) is 0 Å². The van der Waals surface area contributed by atoms with Crippen LogP contribution < -0.4 is 0 Å². The van der Waals surface area contributed by atoms with E-state index in [1.54, 1.807) is 27.7 Å². The molecule has 4 N–H and O–H groups in total. The van der Waals surface area contributed by atoms with Crippen molar-refractivity contribution in [3.8, 4) is 0 Å². The van der Waals surface area contributed by atoms with Crippen molar-refractivity contribution in [3.63, 3.8) is 0 Å². The van der Waals surface area contributed by atoms with Crippen molar-refractivity contribution >= 4 is 34.8 Å². The van der Waals surface area contributed by atoms with E-state index in [9.17, 15) is 19.2 Å². The Kier molecular flexibility index (Phi) is 39.9.